The Bertz CT molecular complexity index is 156. The highest BCUT2D eigenvalue weighted by molar-refractivity contribution is 5.97. The van der Waals surface area contributed by atoms with Crippen molar-refractivity contribution in [3.8, 4) is 0 Å². The van der Waals surface area contributed by atoms with Gasteiger partial charge in [-0.1, -0.05) is 6.58 Å². The fourth-order valence-corrected chi connectivity index (χ4v) is 0.802. The molecule has 0 saturated heterocycles. The molecule has 0 aliphatic heterocycles. The summed E-state index contributed by atoms with van der Waals surface area (Å²) in [6.45, 7) is 3.69. The molecule has 0 N–H and O–H groups in total. The normalized spacial score (nSPS) is 16.6. The van der Waals surface area contributed by atoms with Gasteiger partial charge in [0.1, 0.15) is 0 Å². The molecular formula is C8H13NO. The Hall–Kier alpha value is -0.790. The van der Waals surface area contributed by atoms with Crippen molar-refractivity contribution in [3.63, 3.8) is 0 Å². The van der Waals surface area contributed by atoms with Gasteiger partial charge >= 0.3 is 0 Å². The molecule has 1 saturated carbocycles. The zero-order valence-electron chi connectivity index (χ0n) is 6.55. The molecule has 0 atom stereocenters. The summed E-state index contributed by atoms with van der Waals surface area (Å²) in [5.74, 6) is 0.528. The lowest BCUT2D eigenvalue weighted by Gasteiger charge is -2.13. The fraction of sp³-hybridized carbons (Fsp3) is 0.625. The summed E-state index contributed by atoms with van der Waals surface area (Å²) in [6, 6.07) is 0. The molecule has 2 nitrogen and oxygen atoms in total. The van der Waals surface area contributed by atoms with Crippen LogP contribution in [0.15, 0.2) is 12.3 Å². The van der Waals surface area contributed by atoms with Crippen LogP contribution >= 0.6 is 0 Å². The summed E-state index contributed by atoms with van der Waals surface area (Å²) >= 11 is 0. The first-order chi connectivity index (χ1) is 4.63. The van der Waals surface area contributed by atoms with Crippen LogP contribution in [0.4, 0.5) is 0 Å². The zero-order chi connectivity index (χ0) is 7.72. The highest BCUT2D eigenvalue weighted by atomic mass is 16.1. The molecule has 0 bridgehead atoms. The van der Waals surface area contributed by atoms with Crippen LogP contribution in [-0.2, 0) is 4.79 Å². The van der Waals surface area contributed by atoms with Crippen LogP contribution in [-0.4, -0.2) is 24.8 Å². The fourth-order valence-electron chi connectivity index (χ4n) is 0.802. The Morgan fingerprint density at radius 3 is 2.30 bits per heavy atom. The number of likely N-dealkylation sites (N-methyl/N-ethyl adjacent to an activating group) is 1. The molecule has 0 amide bonds. The zero-order valence-corrected chi connectivity index (χ0v) is 6.55. The molecule has 2 heteroatoms. The third kappa shape index (κ3) is 1.38. The first-order valence-electron chi connectivity index (χ1n) is 3.53. The van der Waals surface area contributed by atoms with Crippen LogP contribution in [0.25, 0.3) is 0 Å². The van der Waals surface area contributed by atoms with Crippen LogP contribution in [0.5, 0.6) is 0 Å². The SMILES string of the molecule is C=C(C(=O)C1CC1)N(C)C. The summed E-state index contributed by atoms with van der Waals surface area (Å²) < 4.78 is 0. The van der Waals surface area contributed by atoms with Crippen molar-refractivity contribution in [1.29, 1.82) is 0 Å². The highest BCUT2D eigenvalue weighted by Gasteiger charge is 2.31. The molecule has 1 aliphatic rings. The van der Waals surface area contributed by atoms with Gasteiger partial charge in [0.15, 0.2) is 5.78 Å². The summed E-state index contributed by atoms with van der Waals surface area (Å²) in [5.41, 5.74) is 0.641. The second-order valence-electron chi connectivity index (χ2n) is 2.98. The Morgan fingerprint density at radius 2 is 2.00 bits per heavy atom. The molecule has 0 aromatic rings. The number of hydrogen-bond acceptors (Lipinski definition) is 2. The number of carbonyl (C=O) groups excluding carboxylic acids is 1. The van der Waals surface area contributed by atoms with Gasteiger partial charge in [-0.25, -0.2) is 0 Å². The summed E-state index contributed by atoms with van der Waals surface area (Å²) in [5, 5.41) is 0. The molecule has 0 heterocycles. The standard InChI is InChI=1S/C8H13NO/c1-6(9(2)3)8(10)7-4-5-7/h7H,1,4-5H2,2-3H3. The molecule has 1 aliphatic carbocycles. The number of ketones is 1. The van der Waals surface area contributed by atoms with Crippen molar-refractivity contribution in [2.45, 2.75) is 12.8 Å². The smallest absolute Gasteiger partial charge is 0.181 e. The molecular weight excluding hydrogens is 126 g/mol. The third-order valence-corrected chi connectivity index (χ3v) is 1.77. The minimum atomic E-state index is 0.227. The lowest BCUT2D eigenvalue weighted by molar-refractivity contribution is -0.117. The van der Waals surface area contributed by atoms with E-state index in [9.17, 15) is 4.79 Å². The summed E-state index contributed by atoms with van der Waals surface area (Å²) in [4.78, 5) is 13.0. The van der Waals surface area contributed by atoms with Crippen molar-refractivity contribution in [2.24, 2.45) is 5.92 Å². The second-order valence-corrected chi connectivity index (χ2v) is 2.98. The second kappa shape index (κ2) is 2.45. The van der Waals surface area contributed by atoms with E-state index in [1.807, 2.05) is 14.1 Å². The maximum Gasteiger partial charge on any atom is 0.181 e. The summed E-state index contributed by atoms with van der Waals surface area (Å²) in [6.07, 6.45) is 2.12. The average Bonchev–Trinajstić information content (AvgIpc) is 2.65. The average molecular weight is 139 g/mol. The van der Waals surface area contributed by atoms with E-state index in [0.29, 0.717) is 11.6 Å². The van der Waals surface area contributed by atoms with Crippen molar-refractivity contribution in [2.75, 3.05) is 14.1 Å². The predicted octanol–water partition coefficient (Wildman–Crippen LogP) is 1.04. The molecule has 0 radical (unpaired) electrons. The monoisotopic (exact) mass is 139 g/mol. The molecule has 0 spiro atoms. The number of allylic oxidation sites excluding steroid dienone is 1. The van der Waals surface area contributed by atoms with E-state index in [2.05, 4.69) is 6.58 Å². The van der Waals surface area contributed by atoms with Crippen LogP contribution in [0.2, 0.25) is 0 Å². The van der Waals surface area contributed by atoms with Gasteiger partial charge in [0.2, 0.25) is 0 Å². The predicted molar refractivity (Wildman–Crippen MR) is 40.6 cm³/mol. The van der Waals surface area contributed by atoms with Gasteiger partial charge in [-0.05, 0) is 12.8 Å². The van der Waals surface area contributed by atoms with E-state index in [1.54, 1.807) is 4.90 Å². The van der Waals surface area contributed by atoms with Crippen LogP contribution in [0.1, 0.15) is 12.8 Å². The van der Waals surface area contributed by atoms with Crippen LogP contribution < -0.4 is 0 Å². The number of nitrogens with zero attached hydrogens (tertiary/aromatic N) is 1. The molecule has 0 aromatic heterocycles. The van der Waals surface area contributed by atoms with Gasteiger partial charge in [-0.15, -0.1) is 0 Å². The molecule has 1 fully saturated rings. The first kappa shape index (κ1) is 7.32. The Kier molecular flexibility index (Phi) is 1.79. The number of rotatable bonds is 3. The lowest BCUT2D eigenvalue weighted by atomic mass is 10.2. The van der Waals surface area contributed by atoms with Crippen molar-refractivity contribution in [3.05, 3.63) is 12.3 Å². The summed E-state index contributed by atoms with van der Waals surface area (Å²) in [7, 11) is 3.70. The van der Waals surface area contributed by atoms with Gasteiger partial charge in [0, 0.05) is 20.0 Å². The van der Waals surface area contributed by atoms with E-state index in [-0.39, 0.29) is 5.78 Å². The Balaban J connectivity index is 2.47. The van der Waals surface area contributed by atoms with Crippen LogP contribution in [0.3, 0.4) is 0 Å². The molecule has 0 aromatic carbocycles. The highest BCUT2D eigenvalue weighted by Crippen LogP contribution is 2.32. The number of Topliss-reactive ketones (excluding diaryl/α,β-unsaturated/α-hetero) is 1. The third-order valence-electron chi connectivity index (χ3n) is 1.77. The van der Waals surface area contributed by atoms with E-state index < -0.39 is 0 Å². The van der Waals surface area contributed by atoms with Gasteiger partial charge in [-0.3, -0.25) is 4.79 Å². The van der Waals surface area contributed by atoms with E-state index >= 15 is 0 Å². The molecule has 56 valence electrons. The Morgan fingerprint density at radius 1 is 1.50 bits per heavy atom. The largest absolute Gasteiger partial charge is 0.375 e. The van der Waals surface area contributed by atoms with Gasteiger partial charge < -0.3 is 4.90 Å². The number of hydrogen-bond donors (Lipinski definition) is 0. The van der Waals surface area contributed by atoms with Gasteiger partial charge in [0.25, 0.3) is 0 Å². The van der Waals surface area contributed by atoms with E-state index in [0.717, 1.165) is 12.8 Å². The van der Waals surface area contributed by atoms with Crippen LogP contribution in [0, 0.1) is 5.92 Å². The molecule has 10 heavy (non-hydrogen) atoms. The first-order valence-corrected chi connectivity index (χ1v) is 3.53. The van der Waals surface area contributed by atoms with Crippen molar-refractivity contribution < 1.29 is 4.79 Å². The molecule has 0 unspecified atom stereocenters. The van der Waals surface area contributed by atoms with Gasteiger partial charge in [-0.2, -0.15) is 0 Å². The quantitative estimate of drug-likeness (QED) is 0.544. The number of carbonyl (C=O) groups is 1. The topological polar surface area (TPSA) is 20.3 Å². The minimum absolute atomic E-state index is 0.227. The van der Waals surface area contributed by atoms with E-state index in [1.165, 1.54) is 0 Å². The van der Waals surface area contributed by atoms with Gasteiger partial charge in [0.05, 0.1) is 5.70 Å². The molecule has 1 rings (SSSR count). The minimum Gasteiger partial charge on any atom is -0.375 e. The van der Waals surface area contributed by atoms with Crippen molar-refractivity contribution in [1.82, 2.24) is 4.90 Å². The lowest BCUT2D eigenvalue weighted by Crippen LogP contribution is -2.19. The maximum atomic E-state index is 11.2. The van der Waals surface area contributed by atoms with Crippen molar-refractivity contribution >= 4 is 5.78 Å². The van der Waals surface area contributed by atoms with E-state index in [4.69, 9.17) is 0 Å². The Labute approximate surface area is 61.5 Å². The maximum absolute atomic E-state index is 11.2.